The van der Waals surface area contributed by atoms with Crippen LogP contribution in [-0.4, -0.2) is 6.10 Å². The molecule has 0 spiro atoms. The second kappa shape index (κ2) is 10.00. The normalized spacial score (nSPS) is 16.9. The highest BCUT2D eigenvalue weighted by Gasteiger charge is 2.37. The highest BCUT2D eigenvalue weighted by molar-refractivity contribution is 6.15. The fraction of sp³-hybridized carbons (Fsp3) is 0.0476. The Morgan fingerprint density at radius 2 is 1.11 bits per heavy atom. The molecule has 0 amide bonds. The van der Waals surface area contributed by atoms with Gasteiger partial charge in [-0.25, -0.2) is 0 Å². The number of fused-ring (bicyclic) bond motifs is 7. The first-order valence-corrected chi connectivity index (χ1v) is 15.2. The van der Waals surface area contributed by atoms with Crippen LogP contribution in [0.1, 0.15) is 17.0 Å². The maximum atomic E-state index is 6.70. The van der Waals surface area contributed by atoms with Gasteiger partial charge in [-0.1, -0.05) is 133 Å². The van der Waals surface area contributed by atoms with E-state index in [-0.39, 0.29) is 12.0 Å². The van der Waals surface area contributed by atoms with Crippen molar-refractivity contribution in [3.63, 3.8) is 0 Å². The van der Waals surface area contributed by atoms with Gasteiger partial charge in [-0.15, -0.1) is 0 Å². The van der Waals surface area contributed by atoms with Crippen LogP contribution < -0.4 is 4.74 Å². The molecule has 0 saturated heterocycles. The van der Waals surface area contributed by atoms with E-state index in [0.29, 0.717) is 0 Å². The van der Waals surface area contributed by atoms with E-state index in [9.17, 15) is 0 Å². The SMILES string of the molecule is C1=CC2Oc3c(cc(-c4ccc(-c5ccccc5)cc4)c4c3oc3ccc(-c5ccccc5)cc34)C2C=C1c1ccccc1. The molecule has 7 aromatic rings. The van der Waals surface area contributed by atoms with E-state index >= 15 is 0 Å². The van der Waals surface area contributed by atoms with Crippen LogP contribution in [0.25, 0.3) is 60.9 Å². The zero-order chi connectivity index (χ0) is 29.0. The molecule has 0 bridgehead atoms. The molecule has 2 atom stereocenters. The molecule has 1 aromatic heterocycles. The first kappa shape index (κ1) is 24.9. The predicted octanol–water partition coefficient (Wildman–Crippen LogP) is 11.1. The number of hydrogen-bond acceptors (Lipinski definition) is 2. The van der Waals surface area contributed by atoms with Gasteiger partial charge in [0.15, 0.2) is 11.3 Å². The molecule has 0 N–H and O–H groups in total. The quantitative estimate of drug-likeness (QED) is 0.212. The molecule has 1 aliphatic heterocycles. The largest absolute Gasteiger partial charge is 0.481 e. The average molecular weight is 565 g/mol. The summed E-state index contributed by atoms with van der Waals surface area (Å²) in [5.74, 6) is 0.956. The molecule has 208 valence electrons. The van der Waals surface area contributed by atoms with E-state index in [0.717, 1.165) is 38.8 Å². The smallest absolute Gasteiger partial charge is 0.178 e. The van der Waals surface area contributed by atoms with Gasteiger partial charge in [0.1, 0.15) is 11.7 Å². The van der Waals surface area contributed by atoms with Crippen LogP contribution in [0.2, 0.25) is 0 Å². The molecule has 2 nitrogen and oxygen atoms in total. The predicted molar refractivity (Wildman–Crippen MR) is 181 cm³/mol. The number of furan rings is 1. The second-order valence-electron chi connectivity index (χ2n) is 11.6. The molecule has 0 fully saturated rings. The lowest BCUT2D eigenvalue weighted by Crippen LogP contribution is -2.16. The van der Waals surface area contributed by atoms with E-state index in [1.165, 1.54) is 39.0 Å². The third kappa shape index (κ3) is 4.03. The van der Waals surface area contributed by atoms with Crippen LogP contribution in [0.4, 0.5) is 0 Å². The molecule has 0 saturated carbocycles. The van der Waals surface area contributed by atoms with Crippen LogP contribution >= 0.6 is 0 Å². The molecular weight excluding hydrogens is 536 g/mol. The highest BCUT2D eigenvalue weighted by atomic mass is 16.5. The van der Waals surface area contributed by atoms with Crippen molar-refractivity contribution in [2.24, 2.45) is 0 Å². The van der Waals surface area contributed by atoms with Gasteiger partial charge in [-0.2, -0.15) is 0 Å². The average Bonchev–Trinajstić information content (AvgIpc) is 3.67. The van der Waals surface area contributed by atoms with E-state index < -0.39 is 0 Å². The number of benzene rings is 6. The summed E-state index contributed by atoms with van der Waals surface area (Å²) in [6, 6.07) is 49.4. The van der Waals surface area contributed by atoms with E-state index in [4.69, 9.17) is 9.15 Å². The lowest BCUT2D eigenvalue weighted by molar-refractivity contribution is 0.269. The molecular formula is C42H28O2. The van der Waals surface area contributed by atoms with Crippen LogP contribution in [0.15, 0.2) is 162 Å². The summed E-state index contributed by atoms with van der Waals surface area (Å²) in [5, 5.41) is 2.19. The van der Waals surface area contributed by atoms with Crippen molar-refractivity contribution in [2.75, 3.05) is 0 Å². The summed E-state index contributed by atoms with van der Waals surface area (Å²) in [6.07, 6.45) is 6.68. The number of allylic oxidation sites excluding steroid dienone is 2. The van der Waals surface area contributed by atoms with E-state index in [1.807, 2.05) is 0 Å². The summed E-state index contributed by atoms with van der Waals surface area (Å²) in [4.78, 5) is 0. The van der Waals surface area contributed by atoms with E-state index in [1.54, 1.807) is 0 Å². The van der Waals surface area contributed by atoms with Crippen molar-refractivity contribution in [3.05, 3.63) is 169 Å². The maximum Gasteiger partial charge on any atom is 0.178 e. The van der Waals surface area contributed by atoms with Crippen molar-refractivity contribution in [2.45, 2.75) is 12.0 Å². The minimum Gasteiger partial charge on any atom is -0.481 e. The molecule has 2 unspecified atom stereocenters. The summed E-state index contributed by atoms with van der Waals surface area (Å²) in [6.45, 7) is 0. The summed E-state index contributed by atoms with van der Waals surface area (Å²) < 4.78 is 13.4. The first-order valence-electron chi connectivity index (χ1n) is 15.2. The molecule has 2 heterocycles. The lowest BCUT2D eigenvalue weighted by atomic mass is 9.85. The Hall–Kier alpha value is -5.60. The van der Waals surface area contributed by atoms with Crippen molar-refractivity contribution in [1.29, 1.82) is 0 Å². The monoisotopic (exact) mass is 564 g/mol. The first-order chi connectivity index (χ1) is 21.8. The summed E-state index contributed by atoms with van der Waals surface area (Å²) in [5.41, 5.74) is 12.4. The van der Waals surface area contributed by atoms with Gasteiger partial charge in [0, 0.05) is 22.3 Å². The Morgan fingerprint density at radius 3 is 1.82 bits per heavy atom. The highest BCUT2D eigenvalue weighted by Crippen LogP contribution is 2.52. The molecule has 1 aliphatic carbocycles. The third-order valence-electron chi connectivity index (χ3n) is 9.03. The standard InChI is InChI=1S/C42H28O2/c1-4-10-27(11-5-1)30-16-18-31(19-17-30)34-26-36-35-24-32(28-12-6-2-7-13-28)20-22-38(35)43-41(36)42-40(34)37-25-33(21-23-39(37)44-42)29-14-8-3-9-15-29/h1-26,35,38H. The van der Waals surface area contributed by atoms with Gasteiger partial charge in [0.25, 0.3) is 0 Å². The summed E-state index contributed by atoms with van der Waals surface area (Å²) in [7, 11) is 0. The Labute approximate surface area is 256 Å². The fourth-order valence-corrected chi connectivity index (χ4v) is 6.83. The number of hydrogen-bond donors (Lipinski definition) is 0. The molecule has 9 rings (SSSR count). The molecule has 2 aliphatic rings. The molecule has 44 heavy (non-hydrogen) atoms. The van der Waals surface area contributed by atoms with Gasteiger partial charge in [0.05, 0.1) is 0 Å². The van der Waals surface area contributed by atoms with Crippen molar-refractivity contribution in [3.8, 4) is 39.1 Å². The zero-order valence-corrected chi connectivity index (χ0v) is 24.0. The van der Waals surface area contributed by atoms with Crippen molar-refractivity contribution < 1.29 is 9.15 Å². The minimum atomic E-state index is -0.0653. The van der Waals surface area contributed by atoms with Crippen molar-refractivity contribution in [1.82, 2.24) is 0 Å². The van der Waals surface area contributed by atoms with Gasteiger partial charge in [0.2, 0.25) is 0 Å². The minimum absolute atomic E-state index is 0.0653. The lowest BCUT2D eigenvalue weighted by Gasteiger charge is -2.18. The number of rotatable bonds is 4. The maximum absolute atomic E-state index is 6.70. The van der Waals surface area contributed by atoms with Gasteiger partial charge in [-0.3, -0.25) is 0 Å². The fourth-order valence-electron chi connectivity index (χ4n) is 6.83. The topological polar surface area (TPSA) is 22.4 Å². The van der Waals surface area contributed by atoms with Gasteiger partial charge < -0.3 is 9.15 Å². The van der Waals surface area contributed by atoms with E-state index in [2.05, 4.69) is 158 Å². The van der Waals surface area contributed by atoms with Crippen LogP contribution in [-0.2, 0) is 0 Å². The Morgan fingerprint density at radius 1 is 0.523 bits per heavy atom. The van der Waals surface area contributed by atoms with Gasteiger partial charge in [-0.05, 0) is 68.8 Å². The van der Waals surface area contributed by atoms with Crippen LogP contribution in [0.5, 0.6) is 5.75 Å². The van der Waals surface area contributed by atoms with Gasteiger partial charge >= 0.3 is 0 Å². The Balaban J connectivity index is 1.26. The molecule has 6 aromatic carbocycles. The van der Waals surface area contributed by atoms with Crippen molar-refractivity contribution >= 4 is 27.5 Å². The van der Waals surface area contributed by atoms with Crippen LogP contribution in [0, 0.1) is 0 Å². The Kier molecular flexibility index (Phi) is 5.67. The van der Waals surface area contributed by atoms with Crippen LogP contribution in [0.3, 0.4) is 0 Å². The Bertz CT molecular complexity index is 2220. The molecule has 2 heteroatoms. The molecule has 0 radical (unpaired) electrons. The zero-order valence-electron chi connectivity index (χ0n) is 24.0. The summed E-state index contributed by atoms with van der Waals surface area (Å²) >= 11 is 0. The number of ether oxygens (including phenoxy) is 1. The second-order valence-corrected chi connectivity index (χ2v) is 11.6. The third-order valence-corrected chi connectivity index (χ3v) is 9.03.